The molecule has 0 saturated heterocycles. The van der Waals surface area contributed by atoms with E-state index in [-0.39, 0.29) is 11.8 Å². The number of nitrogens with zero attached hydrogens (tertiary/aromatic N) is 2. The molecule has 0 aliphatic carbocycles. The third-order valence-corrected chi connectivity index (χ3v) is 2.25. The van der Waals surface area contributed by atoms with Crippen LogP contribution in [-0.2, 0) is 6.42 Å². The van der Waals surface area contributed by atoms with Crippen molar-refractivity contribution in [2.75, 3.05) is 11.9 Å². The Balaban J connectivity index is 2.11. The molecule has 1 aromatic heterocycles. The highest BCUT2D eigenvalue weighted by Gasteiger charge is 2.06. The van der Waals surface area contributed by atoms with E-state index in [0.29, 0.717) is 30.1 Å². The summed E-state index contributed by atoms with van der Waals surface area (Å²) in [6.45, 7) is 2.14. The van der Waals surface area contributed by atoms with Crippen LogP contribution in [0.15, 0.2) is 22.6 Å². The summed E-state index contributed by atoms with van der Waals surface area (Å²) < 4.78 is 18.5. The minimum absolute atomic E-state index is 0.233. The zero-order valence-electron chi connectivity index (χ0n) is 9.40. The highest BCUT2D eigenvalue weighted by Crippen LogP contribution is 2.18. The normalized spacial score (nSPS) is 10.5. The van der Waals surface area contributed by atoms with Crippen LogP contribution < -0.4 is 11.1 Å². The predicted molar refractivity (Wildman–Crippen MR) is 61.5 cm³/mol. The summed E-state index contributed by atoms with van der Waals surface area (Å²) in [6.07, 6.45) is 0.525. The third kappa shape index (κ3) is 2.79. The minimum atomic E-state index is -0.281. The molecule has 1 heterocycles. The van der Waals surface area contributed by atoms with Crippen molar-refractivity contribution in [2.24, 2.45) is 5.73 Å². The molecule has 0 radical (unpaired) electrons. The molecule has 2 rings (SSSR count). The van der Waals surface area contributed by atoms with Crippen LogP contribution in [-0.4, -0.2) is 16.7 Å². The Morgan fingerprint density at radius 1 is 1.41 bits per heavy atom. The Morgan fingerprint density at radius 3 is 2.94 bits per heavy atom. The van der Waals surface area contributed by atoms with Crippen LogP contribution in [0.25, 0.3) is 0 Å². The lowest BCUT2D eigenvalue weighted by atomic mass is 10.2. The average molecular weight is 236 g/mol. The van der Waals surface area contributed by atoms with Crippen molar-refractivity contribution < 1.29 is 8.81 Å². The van der Waals surface area contributed by atoms with Gasteiger partial charge in [0.15, 0.2) is 0 Å². The number of nitrogens with one attached hydrogen (secondary N) is 1. The fraction of sp³-hybridized carbons (Fsp3) is 0.273. The molecule has 0 aliphatic heterocycles. The Bertz CT molecular complexity index is 512. The van der Waals surface area contributed by atoms with Crippen LogP contribution in [0.1, 0.15) is 11.5 Å². The number of aryl methyl sites for hydroxylation is 1. The van der Waals surface area contributed by atoms with E-state index in [1.165, 1.54) is 6.07 Å². The van der Waals surface area contributed by atoms with Crippen molar-refractivity contribution in [3.05, 3.63) is 35.5 Å². The first-order valence-electron chi connectivity index (χ1n) is 5.24. The molecule has 0 fully saturated rings. The maximum absolute atomic E-state index is 13.3. The van der Waals surface area contributed by atoms with Crippen LogP contribution in [0, 0.1) is 12.7 Å². The fourth-order valence-corrected chi connectivity index (χ4v) is 1.32. The molecular formula is C11H13FN4O. The van der Waals surface area contributed by atoms with E-state index in [1.54, 1.807) is 19.1 Å². The maximum atomic E-state index is 13.3. The lowest BCUT2D eigenvalue weighted by Crippen LogP contribution is -2.02. The number of hydrogen-bond donors (Lipinski definition) is 2. The second-order valence-corrected chi connectivity index (χ2v) is 3.63. The smallest absolute Gasteiger partial charge is 0.320 e. The highest BCUT2D eigenvalue weighted by atomic mass is 19.1. The first-order valence-corrected chi connectivity index (χ1v) is 5.24. The Kier molecular flexibility index (Phi) is 3.34. The summed E-state index contributed by atoms with van der Waals surface area (Å²) in [4.78, 5) is 0. The monoisotopic (exact) mass is 236 g/mol. The molecule has 0 bridgehead atoms. The molecule has 17 heavy (non-hydrogen) atoms. The molecule has 1 aromatic carbocycles. The molecular weight excluding hydrogens is 223 g/mol. The maximum Gasteiger partial charge on any atom is 0.320 e. The summed E-state index contributed by atoms with van der Waals surface area (Å²) in [7, 11) is 0. The summed E-state index contributed by atoms with van der Waals surface area (Å²) >= 11 is 0. The Morgan fingerprint density at radius 2 is 2.24 bits per heavy atom. The molecule has 0 aliphatic rings. The van der Waals surface area contributed by atoms with Crippen molar-refractivity contribution in [3.8, 4) is 0 Å². The second-order valence-electron chi connectivity index (χ2n) is 3.63. The van der Waals surface area contributed by atoms with Crippen molar-refractivity contribution in [1.82, 2.24) is 10.2 Å². The first-order chi connectivity index (χ1) is 8.19. The van der Waals surface area contributed by atoms with Gasteiger partial charge in [-0.3, -0.25) is 0 Å². The van der Waals surface area contributed by atoms with Gasteiger partial charge in [-0.15, -0.1) is 5.10 Å². The fourth-order valence-electron chi connectivity index (χ4n) is 1.32. The molecule has 0 amide bonds. The lowest BCUT2D eigenvalue weighted by molar-refractivity contribution is 0.509. The van der Waals surface area contributed by atoms with Crippen LogP contribution in [0.4, 0.5) is 16.1 Å². The van der Waals surface area contributed by atoms with E-state index in [2.05, 4.69) is 15.5 Å². The number of benzene rings is 1. The van der Waals surface area contributed by atoms with Gasteiger partial charge < -0.3 is 15.5 Å². The molecule has 3 N–H and O–H groups in total. The van der Waals surface area contributed by atoms with Crippen LogP contribution in [0.3, 0.4) is 0 Å². The molecule has 0 atom stereocenters. The average Bonchev–Trinajstić information content (AvgIpc) is 2.72. The van der Waals surface area contributed by atoms with Crippen molar-refractivity contribution >= 4 is 11.7 Å². The second kappa shape index (κ2) is 4.92. The predicted octanol–water partition coefficient (Wildman–Crippen LogP) is 1.76. The zero-order chi connectivity index (χ0) is 12.3. The van der Waals surface area contributed by atoms with Crippen LogP contribution in [0.2, 0.25) is 0 Å². The van der Waals surface area contributed by atoms with Crippen molar-refractivity contribution in [2.45, 2.75) is 13.3 Å². The van der Waals surface area contributed by atoms with Gasteiger partial charge in [-0.25, -0.2) is 4.39 Å². The third-order valence-electron chi connectivity index (χ3n) is 2.25. The van der Waals surface area contributed by atoms with E-state index in [9.17, 15) is 4.39 Å². The lowest BCUT2D eigenvalue weighted by Gasteiger charge is -2.02. The summed E-state index contributed by atoms with van der Waals surface area (Å²) in [6, 6.07) is 5.03. The summed E-state index contributed by atoms with van der Waals surface area (Å²) in [5.74, 6) is 0.180. The SMILES string of the molecule is Cc1ccc(Nc2nnc(CCN)o2)cc1F. The Labute approximate surface area is 97.8 Å². The molecule has 90 valence electrons. The topological polar surface area (TPSA) is 77.0 Å². The summed E-state index contributed by atoms with van der Waals surface area (Å²) in [5, 5.41) is 10.4. The Hall–Kier alpha value is -1.95. The number of anilines is 2. The summed E-state index contributed by atoms with van der Waals surface area (Å²) in [5.41, 5.74) is 6.51. The molecule has 0 unspecified atom stereocenters. The van der Waals surface area contributed by atoms with E-state index in [0.717, 1.165) is 0 Å². The first kappa shape index (κ1) is 11.5. The van der Waals surface area contributed by atoms with Gasteiger partial charge in [-0.2, -0.15) is 0 Å². The molecule has 5 nitrogen and oxygen atoms in total. The van der Waals surface area contributed by atoms with Gasteiger partial charge in [0.25, 0.3) is 0 Å². The van der Waals surface area contributed by atoms with Gasteiger partial charge in [-0.05, 0) is 24.6 Å². The highest BCUT2D eigenvalue weighted by molar-refractivity contribution is 5.52. The van der Waals surface area contributed by atoms with E-state index in [1.807, 2.05) is 0 Å². The van der Waals surface area contributed by atoms with Crippen molar-refractivity contribution in [3.63, 3.8) is 0 Å². The number of aromatic nitrogens is 2. The van der Waals surface area contributed by atoms with Gasteiger partial charge in [0.1, 0.15) is 5.82 Å². The number of hydrogen-bond acceptors (Lipinski definition) is 5. The van der Waals surface area contributed by atoms with Crippen LogP contribution >= 0.6 is 0 Å². The molecule has 6 heteroatoms. The standard InChI is InChI=1S/C11H13FN4O/c1-7-2-3-8(6-9(7)12)14-11-16-15-10(17-11)4-5-13/h2-3,6H,4-5,13H2,1H3,(H,14,16). The zero-order valence-corrected chi connectivity index (χ0v) is 9.40. The quantitative estimate of drug-likeness (QED) is 0.845. The van der Waals surface area contributed by atoms with Gasteiger partial charge in [0.05, 0.1) is 0 Å². The van der Waals surface area contributed by atoms with E-state index < -0.39 is 0 Å². The number of halogens is 1. The van der Waals surface area contributed by atoms with Gasteiger partial charge in [0.2, 0.25) is 5.89 Å². The van der Waals surface area contributed by atoms with Gasteiger partial charge in [0, 0.05) is 18.7 Å². The minimum Gasteiger partial charge on any atom is -0.408 e. The van der Waals surface area contributed by atoms with Crippen LogP contribution in [0.5, 0.6) is 0 Å². The largest absolute Gasteiger partial charge is 0.408 e. The molecule has 0 spiro atoms. The molecule has 2 aromatic rings. The van der Waals surface area contributed by atoms with Gasteiger partial charge >= 0.3 is 6.01 Å². The van der Waals surface area contributed by atoms with Crippen molar-refractivity contribution in [1.29, 1.82) is 0 Å². The number of rotatable bonds is 4. The molecule has 0 saturated carbocycles. The number of nitrogens with two attached hydrogens (primary N) is 1. The van der Waals surface area contributed by atoms with E-state index >= 15 is 0 Å². The van der Waals surface area contributed by atoms with Gasteiger partial charge in [-0.1, -0.05) is 11.2 Å². The van der Waals surface area contributed by atoms with E-state index in [4.69, 9.17) is 10.2 Å².